The van der Waals surface area contributed by atoms with Crippen LogP contribution in [0.3, 0.4) is 0 Å². The highest BCUT2D eigenvalue weighted by Gasteiger charge is 2.37. The van der Waals surface area contributed by atoms with Crippen molar-refractivity contribution in [3.05, 3.63) is 23.8 Å². The second-order valence-electron chi connectivity index (χ2n) is 7.14. The Kier molecular flexibility index (Phi) is 10.4. The van der Waals surface area contributed by atoms with E-state index in [0.29, 0.717) is 12.0 Å². The first-order chi connectivity index (χ1) is 15.0. The maximum absolute atomic E-state index is 11.9. The van der Waals surface area contributed by atoms with Gasteiger partial charge in [0.1, 0.15) is 11.6 Å². The summed E-state index contributed by atoms with van der Waals surface area (Å²) in [6, 6.07) is 4.03. The number of nitrogens with two attached hydrogens (primary N) is 1. The first kappa shape index (κ1) is 26.7. The zero-order valence-corrected chi connectivity index (χ0v) is 18.5. The molecule has 0 heterocycles. The molecule has 1 unspecified atom stereocenters. The highest BCUT2D eigenvalue weighted by molar-refractivity contribution is 5.79. The molecule has 0 aliphatic heterocycles. The van der Waals surface area contributed by atoms with Crippen LogP contribution in [0.2, 0.25) is 0 Å². The van der Waals surface area contributed by atoms with Crippen molar-refractivity contribution in [1.29, 1.82) is 0 Å². The van der Waals surface area contributed by atoms with Crippen molar-refractivity contribution in [1.82, 2.24) is 0 Å². The van der Waals surface area contributed by atoms with Crippen LogP contribution in [0, 0.1) is 0 Å². The van der Waals surface area contributed by atoms with Gasteiger partial charge in [0, 0.05) is 19.3 Å². The second kappa shape index (κ2) is 12.5. The lowest BCUT2D eigenvalue weighted by molar-refractivity contribution is -0.153. The van der Waals surface area contributed by atoms with Gasteiger partial charge >= 0.3 is 24.2 Å². The summed E-state index contributed by atoms with van der Waals surface area (Å²) in [6.07, 6.45) is -1.50. The minimum absolute atomic E-state index is 0.151. The van der Waals surface area contributed by atoms with E-state index in [2.05, 4.69) is 9.47 Å². The van der Waals surface area contributed by atoms with Gasteiger partial charge in [0.25, 0.3) is 0 Å². The fourth-order valence-electron chi connectivity index (χ4n) is 2.85. The van der Waals surface area contributed by atoms with Crippen molar-refractivity contribution in [3.63, 3.8) is 0 Å². The van der Waals surface area contributed by atoms with Crippen molar-refractivity contribution < 1.29 is 48.0 Å². The van der Waals surface area contributed by atoms with Crippen LogP contribution in [-0.4, -0.2) is 55.2 Å². The van der Waals surface area contributed by atoms with E-state index in [1.807, 2.05) is 6.92 Å². The minimum atomic E-state index is -1.79. The SMILES string of the molecule is CCCCC(=O)O[C@@H](C)CC(N)(Cc1ccc(OC(=O)OC)c(OC(=O)OC)c1)C(=O)O. The van der Waals surface area contributed by atoms with Crippen LogP contribution in [0.5, 0.6) is 11.5 Å². The number of ether oxygens (including phenoxy) is 5. The summed E-state index contributed by atoms with van der Waals surface area (Å²) in [4.78, 5) is 46.7. The number of unbranched alkanes of at least 4 members (excludes halogenated alkanes) is 1. The maximum Gasteiger partial charge on any atom is 0.513 e. The monoisotopic (exact) mass is 455 g/mol. The van der Waals surface area contributed by atoms with Gasteiger partial charge in [-0.3, -0.25) is 9.59 Å². The van der Waals surface area contributed by atoms with E-state index in [-0.39, 0.29) is 30.8 Å². The summed E-state index contributed by atoms with van der Waals surface area (Å²) in [5.41, 5.74) is 4.70. The number of benzene rings is 1. The summed E-state index contributed by atoms with van der Waals surface area (Å²) in [7, 11) is 2.19. The van der Waals surface area contributed by atoms with Crippen LogP contribution in [0.4, 0.5) is 9.59 Å². The van der Waals surface area contributed by atoms with Crippen LogP contribution < -0.4 is 15.2 Å². The molecule has 0 saturated heterocycles. The smallest absolute Gasteiger partial charge is 0.480 e. The Labute approximate surface area is 185 Å². The third kappa shape index (κ3) is 8.42. The van der Waals surface area contributed by atoms with Gasteiger partial charge in [-0.25, -0.2) is 9.59 Å². The Balaban J connectivity index is 3.08. The largest absolute Gasteiger partial charge is 0.513 e. The Morgan fingerprint density at radius 1 is 1.06 bits per heavy atom. The fourth-order valence-corrected chi connectivity index (χ4v) is 2.85. The lowest BCUT2D eigenvalue weighted by Crippen LogP contribution is -2.52. The first-order valence-corrected chi connectivity index (χ1v) is 9.90. The molecule has 0 aliphatic rings. The molecule has 0 radical (unpaired) electrons. The molecule has 32 heavy (non-hydrogen) atoms. The average Bonchev–Trinajstić information content (AvgIpc) is 2.73. The zero-order chi connectivity index (χ0) is 24.3. The highest BCUT2D eigenvalue weighted by atomic mass is 16.7. The zero-order valence-electron chi connectivity index (χ0n) is 18.5. The topological polar surface area (TPSA) is 161 Å². The highest BCUT2D eigenvalue weighted by Crippen LogP contribution is 2.31. The molecule has 0 aromatic heterocycles. The third-order valence-electron chi connectivity index (χ3n) is 4.39. The van der Waals surface area contributed by atoms with Gasteiger partial charge in [-0.15, -0.1) is 0 Å². The number of carbonyl (C=O) groups is 4. The van der Waals surface area contributed by atoms with E-state index in [1.54, 1.807) is 6.92 Å². The molecule has 1 aromatic carbocycles. The first-order valence-electron chi connectivity index (χ1n) is 9.90. The third-order valence-corrected chi connectivity index (χ3v) is 4.39. The lowest BCUT2D eigenvalue weighted by Gasteiger charge is -2.28. The predicted molar refractivity (Wildman–Crippen MR) is 110 cm³/mol. The van der Waals surface area contributed by atoms with E-state index in [0.717, 1.165) is 20.6 Å². The average molecular weight is 455 g/mol. The minimum Gasteiger partial charge on any atom is -0.480 e. The second-order valence-corrected chi connectivity index (χ2v) is 7.14. The number of hydrogen-bond acceptors (Lipinski definition) is 10. The van der Waals surface area contributed by atoms with E-state index < -0.39 is 35.9 Å². The van der Waals surface area contributed by atoms with Gasteiger partial charge in [-0.1, -0.05) is 19.4 Å². The number of carboxylic acids is 1. The number of carboxylic acid groups (broad SMARTS) is 1. The molecular formula is C21H29NO10. The van der Waals surface area contributed by atoms with Gasteiger partial charge in [0.05, 0.1) is 14.2 Å². The molecule has 2 atom stereocenters. The summed E-state index contributed by atoms with van der Waals surface area (Å²) < 4.78 is 24.0. The van der Waals surface area contributed by atoms with Gasteiger partial charge in [0.15, 0.2) is 11.5 Å². The van der Waals surface area contributed by atoms with Crippen molar-refractivity contribution in [3.8, 4) is 11.5 Å². The lowest BCUT2D eigenvalue weighted by atomic mass is 9.86. The van der Waals surface area contributed by atoms with Crippen molar-refractivity contribution in [2.24, 2.45) is 5.73 Å². The molecule has 3 N–H and O–H groups in total. The number of carbonyl (C=O) groups excluding carboxylic acids is 3. The number of hydrogen-bond donors (Lipinski definition) is 2. The van der Waals surface area contributed by atoms with Crippen LogP contribution >= 0.6 is 0 Å². The molecule has 0 aliphatic carbocycles. The molecular weight excluding hydrogens is 426 g/mol. The standard InChI is InChI=1S/C21H29NO10/c1-5-6-7-17(23)30-13(2)11-21(22,18(24)25)12-14-8-9-15(31-19(26)28-3)16(10-14)32-20(27)29-4/h8-10,13H,5-7,11-12,22H2,1-4H3,(H,24,25)/t13-,21?/m0/s1. The summed E-state index contributed by atoms with van der Waals surface area (Å²) >= 11 is 0. The number of rotatable bonds is 11. The van der Waals surface area contributed by atoms with Crippen LogP contribution in [0.1, 0.15) is 45.1 Å². The molecule has 1 aromatic rings. The van der Waals surface area contributed by atoms with Crippen LogP contribution in [-0.2, 0) is 30.2 Å². The predicted octanol–water partition coefficient (Wildman–Crippen LogP) is 2.81. The summed E-state index contributed by atoms with van der Waals surface area (Å²) in [5.74, 6) is -2.09. The molecule has 1 rings (SSSR count). The Bertz CT molecular complexity index is 825. The Morgan fingerprint density at radius 2 is 1.66 bits per heavy atom. The number of methoxy groups -OCH3 is 2. The Morgan fingerprint density at radius 3 is 2.19 bits per heavy atom. The van der Waals surface area contributed by atoms with E-state index in [4.69, 9.17) is 19.9 Å². The van der Waals surface area contributed by atoms with Gasteiger partial charge < -0.3 is 34.5 Å². The van der Waals surface area contributed by atoms with Gasteiger partial charge in [-0.05, 0) is 31.0 Å². The molecule has 11 nitrogen and oxygen atoms in total. The normalized spacial score (nSPS) is 13.3. The van der Waals surface area contributed by atoms with Crippen molar-refractivity contribution in [2.75, 3.05) is 14.2 Å². The van der Waals surface area contributed by atoms with Crippen molar-refractivity contribution >= 4 is 24.2 Å². The molecule has 0 fully saturated rings. The molecule has 0 spiro atoms. The maximum atomic E-state index is 11.9. The molecule has 11 heteroatoms. The summed E-state index contributed by atoms with van der Waals surface area (Å²) in [5, 5.41) is 9.72. The van der Waals surface area contributed by atoms with Crippen LogP contribution in [0.25, 0.3) is 0 Å². The fraction of sp³-hybridized carbons (Fsp3) is 0.524. The van der Waals surface area contributed by atoms with Crippen LogP contribution in [0.15, 0.2) is 18.2 Å². The molecule has 0 saturated carbocycles. The number of esters is 1. The van der Waals surface area contributed by atoms with Crippen molar-refractivity contribution in [2.45, 2.75) is 57.6 Å². The molecule has 178 valence electrons. The summed E-state index contributed by atoms with van der Waals surface area (Å²) in [6.45, 7) is 3.50. The quantitative estimate of drug-likeness (QED) is 0.287. The Hall–Kier alpha value is -3.34. The van der Waals surface area contributed by atoms with E-state index in [1.165, 1.54) is 18.2 Å². The molecule has 0 bridgehead atoms. The van der Waals surface area contributed by atoms with Gasteiger partial charge in [0.2, 0.25) is 0 Å². The van der Waals surface area contributed by atoms with E-state index >= 15 is 0 Å². The van der Waals surface area contributed by atoms with E-state index in [9.17, 15) is 24.3 Å². The van der Waals surface area contributed by atoms with Gasteiger partial charge in [-0.2, -0.15) is 0 Å². The molecule has 0 amide bonds. The number of aliphatic carboxylic acids is 1.